The Hall–Kier alpha value is -3.22. The largest absolute Gasteiger partial charge is 0.497 e. The highest BCUT2D eigenvalue weighted by atomic mass is 19.1. The van der Waals surface area contributed by atoms with Gasteiger partial charge in [-0.05, 0) is 29.8 Å². The number of benzene rings is 2. The number of nitrogens with zero attached hydrogens (tertiary/aromatic N) is 2. The van der Waals surface area contributed by atoms with Crippen LogP contribution in [-0.2, 0) is 7.05 Å². The number of amides is 1. The number of carbonyl (C=O) groups excluding carboxylic acids is 1. The van der Waals surface area contributed by atoms with Crippen LogP contribution in [0.2, 0.25) is 0 Å². The molecule has 0 radical (unpaired) electrons. The number of aryl methyl sites for hydroxylation is 1. The molecular formula is C19H17F2N3O2. The fourth-order valence-corrected chi connectivity index (χ4v) is 2.67. The molecular weight excluding hydrogens is 340 g/mol. The molecule has 1 N–H and O–H groups in total. The molecule has 0 saturated heterocycles. The third kappa shape index (κ3) is 3.72. The Morgan fingerprint density at radius 3 is 2.54 bits per heavy atom. The average molecular weight is 357 g/mol. The lowest BCUT2D eigenvalue weighted by atomic mass is 10.0. The summed E-state index contributed by atoms with van der Waals surface area (Å²) in [5.41, 5.74) is 0.619. The first kappa shape index (κ1) is 17.6. The number of methoxy groups -OCH3 is 1. The number of aromatic nitrogens is 2. The Kier molecular flexibility index (Phi) is 4.97. The maximum absolute atomic E-state index is 13.4. The monoisotopic (exact) mass is 357 g/mol. The van der Waals surface area contributed by atoms with Gasteiger partial charge >= 0.3 is 0 Å². The van der Waals surface area contributed by atoms with Crippen LogP contribution < -0.4 is 10.1 Å². The molecule has 26 heavy (non-hydrogen) atoms. The number of ether oxygens (including phenoxy) is 1. The Bertz CT molecular complexity index is 920. The van der Waals surface area contributed by atoms with Gasteiger partial charge in [0.05, 0.1) is 7.11 Å². The zero-order valence-corrected chi connectivity index (χ0v) is 14.2. The molecule has 2 aromatic carbocycles. The van der Waals surface area contributed by atoms with Crippen molar-refractivity contribution in [3.8, 4) is 5.75 Å². The maximum atomic E-state index is 13.4. The van der Waals surface area contributed by atoms with Crippen molar-refractivity contribution in [3.63, 3.8) is 0 Å². The predicted molar refractivity (Wildman–Crippen MR) is 91.9 cm³/mol. The normalized spacial score (nSPS) is 11.8. The van der Waals surface area contributed by atoms with Gasteiger partial charge in [0, 0.05) is 31.1 Å². The third-order valence-corrected chi connectivity index (χ3v) is 3.94. The summed E-state index contributed by atoms with van der Waals surface area (Å²) in [7, 11) is 3.34. The topological polar surface area (TPSA) is 56.1 Å². The Balaban J connectivity index is 1.98. The van der Waals surface area contributed by atoms with Crippen LogP contribution in [-0.4, -0.2) is 22.6 Å². The second-order valence-corrected chi connectivity index (χ2v) is 5.74. The van der Waals surface area contributed by atoms with Gasteiger partial charge in [0.15, 0.2) is 0 Å². The minimum absolute atomic E-state index is 0.107. The summed E-state index contributed by atoms with van der Waals surface area (Å²) in [5, 5.41) is 2.79. The number of imidazole rings is 1. The van der Waals surface area contributed by atoms with Crippen molar-refractivity contribution >= 4 is 5.91 Å². The number of carbonyl (C=O) groups is 1. The van der Waals surface area contributed by atoms with Crippen LogP contribution in [0.4, 0.5) is 8.78 Å². The van der Waals surface area contributed by atoms with Gasteiger partial charge in [-0.25, -0.2) is 13.8 Å². The second kappa shape index (κ2) is 7.35. The van der Waals surface area contributed by atoms with E-state index < -0.39 is 23.6 Å². The number of halogens is 2. The first-order chi connectivity index (χ1) is 12.5. The average Bonchev–Trinajstić information content (AvgIpc) is 3.04. The second-order valence-electron chi connectivity index (χ2n) is 5.74. The van der Waals surface area contributed by atoms with Crippen molar-refractivity contribution in [3.05, 3.63) is 83.4 Å². The van der Waals surface area contributed by atoms with E-state index in [4.69, 9.17) is 4.74 Å². The maximum Gasteiger partial charge on any atom is 0.252 e. The number of hydrogen-bond acceptors (Lipinski definition) is 3. The lowest BCUT2D eigenvalue weighted by Crippen LogP contribution is -2.31. The highest BCUT2D eigenvalue weighted by molar-refractivity contribution is 5.94. The lowest BCUT2D eigenvalue weighted by molar-refractivity contribution is 0.0940. The van der Waals surface area contributed by atoms with Crippen molar-refractivity contribution < 1.29 is 18.3 Å². The SMILES string of the molecule is COc1cccc(C(NC(=O)c2cc(F)cc(F)c2)c2nccn2C)c1. The van der Waals surface area contributed by atoms with Gasteiger partial charge in [-0.3, -0.25) is 4.79 Å². The summed E-state index contributed by atoms with van der Waals surface area (Å²) in [6.45, 7) is 0. The van der Waals surface area contributed by atoms with Gasteiger partial charge in [0.1, 0.15) is 29.3 Å². The van der Waals surface area contributed by atoms with Gasteiger partial charge in [0.25, 0.3) is 5.91 Å². The Morgan fingerprint density at radius 2 is 1.92 bits per heavy atom. The minimum atomic E-state index is -0.815. The van der Waals surface area contributed by atoms with Crippen LogP contribution in [0.25, 0.3) is 0 Å². The fraction of sp³-hybridized carbons (Fsp3) is 0.158. The minimum Gasteiger partial charge on any atom is -0.497 e. The van der Waals surface area contributed by atoms with Gasteiger partial charge < -0.3 is 14.6 Å². The molecule has 134 valence electrons. The van der Waals surface area contributed by atoms with Crippen LogP contribution in [0.15, 0.2) is 54.9 Å². The lowest BCUT2D eigenvalue weighted by Gasteiger charge is -2.20. The van der Waals surface area contributed by atoms with E-state index >= 15 is 0 Å². The predicted octanol–water partition coefficient (Wildman–Crippen LogP) is 3.23. The summed E-state index contributed by atoms with van der Waals surface area (Å²) in [4.78, 5) is 16.9. The molecule has 0 aliphatic rings. The van der Waals surface area contributed by atoms with E-state index in [0.717, 1.165) is 23.8 Å². The number of rotatable bonds is 5. The number of hydrogen-bond donors (Lipinski definition) is 1. The summed E-state index contributed by atoms with van der Waals surface area (Å²) in [6.07, 6.45) is 3.35. The van der Waals surface area contributed by atoms with Crippen LogP contribution in [0.1, 0.15) is 27.8 Å². The summed E-state index contributed by atoms with van der Waals surface area (Å²) >= 11 is 0. The molecule has 3 aromatic rings. The first-order valence-electron chi connectivity index (χ1n) is 7.86. The van der Waals surface area contributed by atoms with E-state index in [1.165, 1.54) is 0 Å². The Morgan fingerprint density at radius 1 is 1.19 bits per heavy atom. The molecule has 1 amide bonds. The molecule has 1 heterocycles. The quantitative estimate of drug-likeness (QED) is 0.763. The fourth-order valence-electron chi connectivity index (χ4n) is 2.67. The van der Waals surface area contributed by atoms with E-state index in [1.807, 2.05) is 6.07 Å². The molecule has 0 aliphatic heterocycles. The molecule has 0 saturated carbocycles. The highest BCUT2D eigenvalue weighted by Crippen LogP contribution is 2.24. The van der Waals surface area contributed by atoms with Gasteiger partial charge in [0.2, 0.25) is 0 Å². The van der Waals surface area contributed by atoms with Crippen LogP contribution >= 0.6 is 0 Å². The molecule has 1 unspecified atom stereocenters. The zero-order valence-electron chi connectivity index (χ0n) is 14.2. The van der Waals surface area contributed by atoms with Crippen molar-refractivity contribution in [1.29, 1.82) is 0 Å². The van der Waals surface area contributed by atoms with E-state index in [-0.39, 0.29) is 5.56 Å². The molecule has 0 spiro atoms. The first-order valence-corrected chi connectivity index (χ1v) is 7.86. The molecule has 5 nitrogen and oxygen atoms in total. The molecule has 1 aromatic heterocycles. The van der Waals surface area contributed by atoms with E-state index in [2.05, 4.69) is 10.3 Å². The molecule has 3 rings (SSSR count). The van der Waals surface area contributed by atoms with Crippen LogP contribution in [0.3, 0.4) is 0 Å². The molecule has 1 atom stereocenters. The van der Waals surface area contributed by atoms with Gasteiger partial charge in [-0.1, -0.05) is 12.1 Å². The van der Waals surface area contributed by atoms with Crippen molar-refractivity contribution in [2.75, 3.05) is 7.11 Å². The van der Waals surface area contributed by atoms with Gasteiger partial charge in [-0.15, -0.1) is 0 Å². The Labute approximate surface area is 149 Å². The molecule has 0 aliphatic carbocycles. The highest BCUT2D eigenvalue weighted by Gasteiger charge is 2.22. The molecule has 0 fully saturated rings. The van der Waals surface area contributed by atoms with Crippen molar-refractivity contribution in [1.82, 2.24) is 14.9 Å². The van der Waals surface area contributed by atoms with Crippen molar-refractivity contribution in [2.24, 2.45) is 7.05 Å². The number of nitrogens with one attached hydrogen (secondary N) is 1. The standard InChI is InChI=1S/C19H17F2N3O2/c1-24-7-6-22-18(24)17(12-4-3-5-16(10-12)26-2)23-19(25)13-8-14(20)11-15(21)9-13/h3-11,17H,1-2H3,(H,23,25). The van der Waals surface area contributed by atoms with Crippen LogP contribution in [0, 0.1) is 11.6 Å². The van der Waals surface area contributed by atoms with E-state index in [0.29, 0.717) is 11.6 Å². The zero-order chi connectivity index (χ0) is 18.7. The third-order valence-electron chi connectivity index (χ3n) is 3.94. The van der Waals surface area contributed by atoms with E-state index in [1.54, 1.807) is 49.3 Å². The molecule has 7 heteroatoms. The van der Waals surface area contributed by atoms with Crippen LogP contribution in [0.5, 0.6) is 5.75 Å². The molecule has 0 bridgehead atoms. The van der Waals surface area contributed by atoms with Gasteiger partial charge in [-0.2, -0.15) is 0 Å². The summed E-state index contributed by atoms with van der Waals surface area (Å²) in [6, 6.07) is 9.22. The van der Waals surface area contributed by atoms with Crippen molar-refractivity contribution in [2.45, 2.75) is 6.04 Å². The summed E-state index contributed by atoms with van der Waals surface area (Å²) in [5.74, 6) is -1.05. The smallest absolute Gasteiger partial charge is 0.252 e. The van der Waals surface area contributed by atoms with E-state index in [9.17, 15) is 13.6 Å². The summed E-state index contributed by atoms with van der Waals surface area (Å²) < 4.78 is 33.9.